The second-order valence-electron chi connectivity index (χ2n) is 5.92. The molecule has 0 spiro atoms. The topological polar surface area (TPSA) is 86.6 Å². The molecule has 0 radical (unpaired) electrons. The van der Waals surface area contributed by atoms with Crippen molar-refractivity contribution >= 4 is 11.9 Å². The SMILES string of the molecule is CC1C[C@H](C(=O)NCC2(O)CCC2)[C@H](C(=O)O)C1. The van der Waals surface area contributed by atoms with E-state index in [0.29, 0.717) is 12.8 Å². The van der Waals surface area contributed by atoms with Crippen LogP contribution in [0.5, 0.6) is 0 Å². The molecule has 2 rings (SSSR count). The third kappa shape index (κ3) is 2.66. The normalized spacial score (nSPS) is 33.8. The van der Waals surface area contributed by atoms with Gasteiger partial charge in [-0.15, -0.1) is 0 Å². The van der Waals surface area contributed by atoms with Gasteiger partial charge in [0, 0.05) is 6.54 Å². The number of carbonyl (C=O) groups is 2. The number of carboxylic acid groups (broad SMARTS) is 1. The summed E-state index contributed by atoms with van der Waals surface area (Å²) in [7, 11) is 0. The predicted molar refractivity (Wildman–Crippen MR) is 64.8 cm³/mol. The Balaban J connectivity index is 1.89. The monoisotopic (exact) mass is 255 g/mol. The second kappa shape index (κ2) is 4.88. The Kier molecular flexibility index (Phi) is 3.61. The molecule has 5 heteroatoms. The van der Waals surface area contributed by atoms with E-state index in [-0.39, 0.29) is 18.4 Å². The summed E-state index contributed by atoms with van der Waals surface area (Å²) >= 11 is 0. The van der Waals surface area contributed by atoms with E-state index in [1.807, 2.05) is 6.92 Å². The molecule has 0 bridgehead atoms. The van der Waals surface area contributed by atoms with Crippen molar-refractivity contribution in [1.29, 1.82) is 0 Å². The molecule has 0 heterocycles. The van der Waals surface area contributed by atoms with Crippen molar-refractivity contribution in [3.05, 3.63) is 0 Å². The van der Waals surface area contributed by atoms with Crippen molar-refractivity contribution in [3.8, 4) is 0 Å². The molecular weight excluding hydrogens is 234 g/mol. The number of aliphatic hydroxyl groups is 1. The number of carboxylic acids is 1. The van der Waals surface area contributed by atoms with Gasteiger partial charge in [-0.3, -0.25) is 9.59 Å². The summed E-state index contributed by atoms with van der Waals surface area (Å²) in [6.45, 7) is 2.23. The van der Waals surface area contributed by atoms with Crippen LogP contribution in [0.4, 0.5) is 0 Å². The Morgan fingerprint density at radius 1 is 1.28 bits per heavy atom. The van der Waals surface area contributed by atoms with Crippen LogP contribution in [0.15, 0.2) is 0 Å². The minimum absolute atomic E-state index is 0.216. The average Bonchev–Trinajstić information content (AvgIpc) is 2.66. The fourth-order valence-electron chi connectivity index (χ4n) is 3.00. The van der Waals surface area contributed by atoms with E-state index < -0.39 is 23.4 Å². The van der Waals surface area contributed by atoms with Gasteiger partial charge in [0.15, 0.2) is 0 Å². The number of hydrogen-bond acceptors (Lipinski definition) is 3. The van der Waals surface area contributed by atoms with Gasteiger partial charge < -0.3 is 15.5 Å². The minimum Gasteiger partial charge on any atom is -0.481 e. The maximum Gasteiger partial charge on any atom is 0.307 e. The molecular formula is C13H21NO4. The summed E-state index contributed by atoms with van der Waals surface area (Å²) in [5.41, 5.74) is -0.751. The van der Waals surface area contributed by atoms with Crippen molar-refractivity contribution in [2.45, 2.75) is 44.6 Å². The van der Waals surface area contributed by atoms with Crippen LogP contribution in [0.3, 0.4) is 0 Å². The molecule has 0 saturated heterocycles. The zero-order chi connectivity index (χ0) is 13.3. The van der Waals surface area contributed by atoms with E-state index >= 15 is 0 Å². The number of carbonyl (C=O) groups excluding carboxylic acids is 1. The van der Waals surface area contributed by atoms with Crippen molar-refractivity contribution < 1.29 is 19.8 Å². The van der Waals surface area contributed by atoms with Crippen LogP contribution in [0.2, 0.25) is 0 Å². The maximum absolute atomic E-state index is 12.0. The fraction of sp³-hybridized carbons (Fsp3) is 0.846. The second-order valence-corrected chi connectivity index (χ2v) is 5.92. The molecule has 102 valence electrons. The first-order valence-electron chi connectivity index (χ1n) is 6.64. The lowest BCUT2D eigenvalue weighted by atomic mass is 9.80. The van der Waals surface area contributed by atoms with E-state index in [1.165, 1.54) is 0 Å². The van der Waals surface area contributed by atoms with Crippen molar-refractivity contribution in [3.63, 3.8) is 0 Å². The number of amides is 1. The van der Waals surface area contributed by atoms with Crippen LogP contribution in [-0.2, 0) is 9.59 Å². The van der Waals surface area contributed by atoms with Gasteiger partial charge in [-0.2, -0.15) is 0 Å². The van der Waals surface area contributed by atoms with Gasteiger partial charge in [0.2, 0.25) is 5.91 Å². The Hall–Kier alpha value is -1.10. The molecule has 18 heavy (non-hydrogen) atoms. The summed E-state index contributed by atoms with van der Waals surface area (Å²) in [5.74, 6) is -1.85. The molecule has 2 saturated carbocycles. The Morgan fingerprint density at radius 3 is 2.39 bits per heavy atom. The number of rotatable bonds is 4. The average molecular weight is 255 g/mol. The number of hydrogen-bond donors (Lipinski definition) is 3. The lowest BCUT2D eigenvalue weighted by Gasteiger charge is -2.36. The highest BCUT2D eigenvalue weighted by molar-refractivity contribution is 5.85. The van der Waals surface area contributed by atoms with Gasteiger partial charge in [-0.05, 0) is 38.0 Å². The molecule has 0 aliphatic heterocycles. The van der Waals surface area contributed by atoms with Crippen LogP contribution in [0.25, 0.3) is 0 Å². The van der Waals surface area contributed by atoms with Crippen LogP contribution < -0.4 is 5.32 Å². The van der Waals surface area contributed by atoms with Gasteiger partial charge in [0.05, 0.1) is 17.4 Å². The van der Waals surface area contributed by atoms with Crippen LogP contribution in [-0.4, -0.2) is 34.2 Å². The van der Waals surface area contributed by atoms with E-state index in [9.17, 15) is 14.7 Å². The van der Waals surface area contributed by atoms with Crippen LogP contribution in [0.1, 0.15) is 39.0 Å². The zero-order valence-electron chi connectivity index (χ0n) is 10.7. The van der Waals surface area contributed by atoms with Crippen LogP contribution >= 0.6 is 0 Å². The van der Waals surface area contributed by atoms with Gasteiger partial charge in [-0.25, -0.2) is 0 Å². The van der Waals surface area contributed by atoms with Crippen molar-refractivity contribution in [2.24, 2.45) is 17.8 Å². The Labute approximate surface area is 107 Å². The first-order chi connectivity index (χ1) is 8.41. The predicted octanol–water partition coefficient (Wildman–Crippen LogP) is 0.764. The summed E-state index contributed by atoms with van der Waals surface area (Å²) in [6.07, 6.45) is 3.62. The third-order valence-corrected chi connectivity index (χ3v) is 4.33. The number of aliphatic carboxylic acids is 1. The van der Waals surface area contributed by atoms with Gasteiger partial charge in [-0.1, -0.05) is 6.92 Å². The molecule has 3 N–H and O–H groups in total. The lowest BCUT2D eigenvalue weighted by molar-refractivity contribution is -0.146. The molecule has 5 nitrogen and oxygen atoms in total. The highest BCUT2D eigenvalue weighted by Crippen LogP contribution is 2.37. The van der Waals surface area contributed by atoms with Crippen molar-refractivity contribution in [1.82, 2.24) is 5.32 Å². The molecule has 2 fully saturated rings. The molecule has 0 aromatic heterocycles. The molecule has 1 unspecified atom stereocenters. The summed E-state index contributed by atoms with van der Waals surface area (Å²) in [6, 6.07) is 0. The minimum atomic E-state index is -0.887. The Morgan fingerprint density at radius 2 is 1.89 bits per heavy atom. The van der Waals surface area contributed by atoms with E-state index in [0.717, 1.165) is 19.3 Å². The Bertz CT molecular complexity index is 351. The summed E-state index contributed by atoms with van der Waals surface area (Å²) in [5, 5.41) is 21.7. The highest BCUT2D eigenvalue weighted by Gasteiger charge is 2.42. The molecule has 2 aliphatic rings. The third-order valence-electron chi connectivity index (χ3n) is 4.33. The van der Waals surface area contributed by atoms with E-state index in [4.69, 9.17) is 5.11 Å². The largest absolute Gasteiger partial charge is 0.481 e. The zero-order valence-corrected chi connectivity index (χ0v) is 10.7. The molecule has 3 atom stereocenters. The van der Waals surface area contributed by atoms with Gasteiger partial charge in [0.25, 0.3) is 0 Å². The van der Waals surface area contributed by atoms with Gasteiger partial charge >= 0.3 is 5.97 Å². The first-order valence-corrected chi connectivity index (χ1v) is 6.64. The fourth-order valence-corrected chi connectivity index (χ4v) is 3.00. The van der Waals surface area contributed by atoms with Gasteiger partial charge in [0.1, 0.15) is 0 Å². The summed E-state index contributed by atoms with van der Waals surface area (Å²) < 4.78 is 0. The lowest BCUT2D eigenvalue weighted by Crippen LogP contribution is -2.49. The molecule has 0 aromatic rings. The number of nitrogens with one attached hydrogen (secondary N) is 1. The first kappa shape index (κ1) is 13.3. The van der Waals surface area contributed by atoms with Crippen molar-refractivity contribution in [2.75, 3.05) is 6.54 Å². The maximum atomic E-state index is 12.0. The standard InChI is InChI=1S/C13H21NO4/c1-8-5-9(10(6-8)12(16)17)11(15)14-7-13(18)3-2-4-13/h8-10,18H,2-7H2,1H3,(H,14,15)(H,16,17)/t8?,9-,10+/m0/s1. The smallest absolute Gasteiger partial charge is 0.307 e. The van der Waals surface area contributed by atoms with Crippen LogP contribution in [0, 0.1) is 17.8 Å². The molecule has 0 aromatic carbocycles. The van der Waals surface area contributed by atoms with E-state index in [2.05, 4.69) is 5.32 Å². The highest BCUT2D eigenvalue weighted by atomic mass is 16.4. The quantitative estimate of drug-likeness (QED) is 0.692. The molecule has 2 aliphatic carbocycles. The summed E-state index contributed by atoms with van der Waals surface area (Å²) in [4.78, 5) is 23.1. The molecule has 1 amide bonds. The van der Waals surface area contributed by atoms with E-state index in [1.54, 1.807) is 0 Å².